The number of nitrogens with zero attached hydrogens (tertiary/aromatic N) is 3. The van der Waals surface area contributed by atoms with E-state index in [4.69, 9.17) is 9.97 Å². The summed E-state index contributed by atoms with van der Waals surface area (Å²) in [7, 11) is 0. The highest BCUT2D eigenvalue weighted by molar-refractivity contribution is 6.04. The van der Waals surface area contributed by atoms with E-state index >= 15 is 0 Å². The van der Waals surface area contributed by atoms with Crippen molar-refractivity contribution in [3.05, 3.63) is 103 Å². The number of hydrogen-bond donors (Lipinski definition) is 0. The first-order valence-electron chi connectivity index (χ1n) is 10.3. The summed E-state index contributed by atoms with van der Waals surface area (Å²) in [4.78, 5) is 9.88. The fourth-order valence-electron chi connectivity index (χ4n) is 4.48. The van der Waals surface area contributed by atoms with E-state index < -0.39 is 0 Å². The van der Waals surface area contributed by atoms with Crippen LogP contribution in [0.2, 0.25) is 0 Å². The van der Waals surface area contributed by atoms with Gasteiger partial charge in [-0.15, -0.1) is 0 Å². The highest BCUT2D eigenvalue weighted by Gasteiger charge is 2.16. The molecule has 31 heavy (non-hydrogen) atoms. The van der Waals surface area contributed by atoms with E-state index in [0.717, 1.165) is 60.9 Å². The maximum absolute atomic E-state index is 5.03. The zero-order chi connectivity index (χ0) is 20.9. The number of benzene rings is 3. The molecular weight excluding hydrogens is 378 g/mol. The molecule has 3 heteroatoms. The van der Waals surface area contributed by atoms with Crippen LogP contribution in [0.15, 0.2) is 92.0 Å². The van der Waals surface area contributed by atoms with Gasteiger partial charge in [-0.05, 0) is 35.7 Å². The Bertz CT molecular complexity index is 1670. The molecule has 3 nitrogen and oxygen atoms in total. The lowest BCUT2D eigenvalue weighted by atomic mass is 10.0. The number of fused-ring (bicyclic) bond motifs is 6. The molecule has 0 aliphatic rings. The third-order valence-electron chi connectivity index (χ3n) is 5.92. The second-order valence-corrected chi connectivity index (χ2v) is 7.62. The van der Waals surface area contributed by atoms with Crippen LogP contribution in [0.3, 0.4) is 0 Å². The Morgan fingerprint density at radius 1 is 0.710 bits per heavy atom. The van der Waals surface area contributed by atoms with Gasteiger partial charge >= 0.3 is 0 Å². The first kappa shape index (κ1) is 17.6. The predicted octanol–water partition coefficient (Wildman–Crippen LogP) is 7.14. The third-order valence-corrected chi connectivity index (χ3v) is 5.92. The van der Waals surface area contributed by atoms with Crippen LogP contribution in [0.5, 0.6) is 0 Å². The molecule has 0 amide bonds. The molecule has 0 bridgehead atoms. The van der Waals surface area contributed by atoms with Crippen molar-refractivity contribution in [3.63, 3.8) is 0 Å². The van der Waals surface area contributed by atoms with E-state index in [9.17, 15) is 0 Å². The van der Waals surface area contributed by atoms with Gasteiger partial charge in [-0.25, -0.2) is 9.97 Å². The van der Waals surface area contributed by atoms with Crippen LogP contribution in [0.1, 0.15) is 11.3 Å². The van der Waals surface area contributed by atoms with Gasteiger partial charge in [0.15, 0.2) is 0 Å². The number of hydrogen-bond acceptors (Lipinski definition) is 2. The number of rotatable bonds is 3. The monoisotopic (exact) mass is 397 g/mol. The lowest BCUT2D eigenvalue weighted by molar-refractivity contribution is 1.21. The van der Waals surface area contributed by atoms with E-state index in [1.165, 1.54) is 0 Å². The SMILES string of the molecule is C=Cc1c(C=C)n2c3ccc(-c4ccc5ccccc5n4)cc3nc2c2ccccc12. The average molecular weight is 397 g/mol. The fraction of sp³-hybridized carbons (Fsp3) is 0. The fourth-order valence-corrected chi connectivity index (χ4v) is 4.48. The maximum atomic E-state index is 5.03. The van der Waals surface area contributed by atoms with Gasteiger partial charge in [0.05, 0.1) is 27.9 Å². The van der Waals surface area contributed by atoms with Crippen LogP contribution in [0.25, 0.3) is 61.8 Å². The molecule has 0 saturated carbocycles. The lowest BCUT2D eigenvalue weighted by Gasteiger charge is -2.11. The molecule has 3 aromatic heterocycles. The zero-order valence-electron chi connectivity index (χ0n) is 16.9. The molecule has 0 unspecified atom stereocenters. The van der Waals surface area contributed by atoms with Gasteiger partial charge in [-0.3, -0.25) is 4.40 Å². The van der Waals surface area contributed by atoms with Crippen molar-refractivity contribution < 1.29 is 0 Å². The number of aromatic nitrogens is 3. The Hall–Kier alpha value is -4.24. The summed E-state index contributed by atoms with van der Waals surface area (Å²) in [6.07, 6.45) is 3.79. The third kappa shape index (κ3) is 2.53. The van der Waals surface area contributed by atoms with Crippen molar-refractivity contribution in [1.29, 1.82) is 0 Å². The van der Waals surface area contributed by atoms with Crippen molar-refractivity contribution in [3.8, 4) is 11.3 Å². The summed E-state index contributed by atoms with van der Waals surface area (Å²) in [5.74, 6) is 0. The van der Waals surface area contributed by atoms with Gasteiger partial charge in [0.2, 0.25) is 0 Å². The van der Waals surface area contributed by atoms with Crippen molar-refractivity contribution in [1.82, 2.24) is 14.4 Å². The van der Waals surface area contributed by atoms with E-state index in [0.29, 0.717) is 0 Å². The van der Waals surface area contributed by atoms with Crippen LogP contribution in [0.4, 0.5) is 0 Å². The normalized spacial score (nSPS) is 11.5. The van der Waals surface area contributed by atoms with Crippen molar-refractivity contribution in [2.45, 2.75) is 0 Å². The van der Waals surface area contributed by atoms with Gasteiger partial charge in [-0.2, -0.15) is 0 Å². The highest BCUT2D eigenvalue weighted by atomic mass is 15.0. The molecule has 6 aromatic rings. The minimum absolute atomic E-state index is 0.926. The molecule has 3 aromatic carbocycles. The standard InChI is InChI=1S/C28H19N3/c1-3-20-21-10-6-7-11-22(21)28-30-25-17-19(14-16-27(25)31(28)26(20)4-2)24-15-13-18-9-5-8-12-23(18)29-24/h3-17H,1-2H2. The summed E-state index contributed by atoms with van der Waals surface area (Å²) < 4.78 is 2.18. The van der Waals surface area contributed by atoms with Crippen LogP contribution in [-0.4, -0.2) is 14.4 Å². The van der Waals surface area contributed by atoms with E-state index in [1.807, 2.05) is 42.5 Å². The Morgan fingerprint density at radius 2 is 1.52 bits per heavy atom. The smallest absolute Gasteiger partial charge is 0.146 e. The second-order valence-electron chi connectivity index (χ2n) is 7.62. The number of para-hydroxylation sites is 1. The van der Waals surface area contributed by atoms with Crippen LogP contribution >= 0.6 is 0 Å². The second kappa shape index (κ2) is 6.64. The van der Waals surface area contributed by atoms with E-state index in [-0.39, 0.29) is 0 Å². The first-order valence-corrected chi connectivity index (χ1v) is 10.3. The topological polar surface area (TPSA) is 30.2 Å². The van der Waals surface area contributed by atoms with Gasteiger partial charge in [0, 0.05) is 21.9 Å². The molecule has 0 saturated heterocycles. The minimum atomic E-state index is 0.926. The molecule has 146 valence electrons. The lowest BCUT2D eigenvalue weighted by Crippen LogP contribution is -1.97. The van der Waals surface area contributed by atoms with Gasteiger partial charge in [0.25, 0.3) is 0 Å². The summed E-state index contributed by atoms with van der Waals surface area (Å²) >= 11 is 0. The number of imidazole rings is 1. The Morgan fingerprint density at radius 3 is 2.35 bits per heavy atom. The molecule has 0 radical (unpaired) electrons. The predicted molar refractivity (Wildman–Crippen MR) is 131 cm³/mol. The molecule has 0 N–H and O–H groups in total. The average Bonchev–Trinajstić information content (AvgIpc) is 3.21. The molecule has 0 atom stereocenters. The molecular formula is C28H19N3. The Balaban J connectivity index is 1.67. The molecule has 0 aliphatic carbocycles. The van der Waals surface area contributed by atoms with Gasteiger partial charge in [-0.1, -0.05) is 73.8 Å². The summed E-state index contributed by atoms with van der Waals surface area (Å²) in [5, 5.41) is 3.37. The minimum Gasteiger partial charge on any atom is -0.292 e. The van der Waals surface area contributed by atoms with Crippen LogP contribution in [-0.2, 0) is 0 Å². The summed E-state index contributed by atoms with van der Waals surface area (Å²) in [6.45, 7) is 8.12. The van der Waals surface area contributed by atoms with Crippen molar-refractivity contribution in [2.75, 3.05) is 0 Å². The van der Waals surface area contributed by atoms with E-state index in [2.05, 4.69) is 66.1 Å². The molecule has 6 rings (SSSR count). The molecule has 0 spiro atoms. The summed E-state index contributed by atoms with van der Waals surface area (Å²) in [6, 6.07) is 27.0. The van der Waals surface area contributed by atoms with Crippen LogP contribution in [0, 0.1) is 0 Å². The van der Waals surface area contributed by atoms with Crippen molar-refractivity contribution >= 4 is 50.5 Å². The van der Waals surface area contributed by atoms with E-state index in [1.54, 1.807) is 0 Å². The Kier molecular flexibility index (Phi) is 3.77. The molecule has 0 aliphatic heterocycles. The van der Waals surface area contributed by atoms with Crippen molar-refractivity contribution in [2.24, 2.45) is 0 Å². The Labute approximate surface area is 179 Å². The van der Waals surface area contributed by atoms with Gasteiger partial charge < -0.3 is 0 Å². The molecule has 0 fully saturated rings. The quantitative estimate of drug-likeness (QED) is 0.318. The first-order chi connectivity index (χ1) is 15.3. The summed E-state index contributed by atoms with van der Waals surface area (Å²) in [5.41, 5.74) is 7.96. The zero-order valence-corrected chi connectivity index (χ0v) is 16.9. The molecule has 3 heterocycles. The largest absolute Gasteiger partial charge is 0.292 e. The van der Waals surface area contributed by atoms with Crippen LogP contribution < -0.4 is 0 Å². The maximum Gasteiger partial charge on any atom is 0.146 e. The highest BCUT2D eigenvalue weighted by Crippen LogP contribution is 2.33. The number of pyridine rings is 2. The van der Waals surface area contributed by atoms with Gasteiger partial charge in [0.1, 0.15) is 5.65 Å².